The number of rotatable bonds is 1. The van der Waals surface area contributed by atoms with Crippen LogP contribution < -0.4 is 5.73 Å². The first-order chi connectivity index (χ1) is 10.2. The number of pyridine rings is 1. The van der Waals surface area contributed by atoms with Gasteiger partial charge in [-0.1, -0.05) is 35.9 Å². The van der Waals surface area contributed by atoms with Gasteiger partial charge in [-0.3, -0.25) is 4.98 Å². The van der Waals surface area contributed by atoms with Crippen LogP contribution in [0, 0.1) is 5.92 Å². The highest BCUT2D eigenvalue weighted by Crippen LogP contribution is 2.46. The first kappa shape index (κ1) is 12.9. The number of nitrogens with zero attached hydrogens (tertiary/aromatic N) is 1. The molecular formula is C18H17ClN2. The SMILES string of the molecule is C=CC1=CC2Cc3nc4cc(Cl)ccc4c(N)c3C(C1)C2. The molecule has 2 unspecified atom stereocenters. The summed E-state index contributed by atoms with van der Waals surface area (Å²) in [6.07, 6.45) is 7.50. The molecule has 0 amide bonds. The molecule has 2 aliphatic rings. The lowest BCUT2D eigenvalue weighted by molar-refractivity contribution is 0.437. The molecule has 3 heteroatoms. The Morgan fingerprint density at radius 2 is 2.19 bits per heavy atom. The van der Waals surface area contributed by atoms with E-state index in [4.69, 9.17) is 22.3 Å². The Labute approximate surface area is 129 Å². The Bertz CT molecular complexity index is 791. The number of benzene rings is 1. The van der Waals surface area contributed by atoms with Crippen molar-refractivity contribution in [3.05, 3.63) is 58.8 Å². The number of hydrogen-bond acceptors (Lipinski definition) is 2. The summed E-state index contributed by atoms with van der Waals surface area (Å²) in [6.45, 7) is 3.92. The summed E-state index contributed by atoms with van der Waals surface area (Å²) < 4.78 is 0. The van der Waals surface area contributed by atoms with Crippen molar-refractivity contribution in [3.8, 4) is 0 Å². The van der Waals surface area contributed by atoms with Gasteiger partial charge in [-0.25, -0.2) is 0 Å². The molecule has 0 radical (unpaired) electrons. The van der Waals surface area contributed by atoms with Gasteiger partial charge in [-0.15, -0.1) is 0 Å². The molecule has 0 spiro atoms. The standard InChI is InChI=1S/C18H17ClN2/c1-2-10-5-11-7-12(6-10)17-16(8-11)21-15-9-13(19)3-4-14(15)18(17)20/h2-5,9,11-12H,1,6-8H2,(H2,20,21). The molecule has 1 aromatic carbocycles. The highest BCUT2D eigenvalue weighted by Gasteiger charge is 2.33. The molecule has 2 aliphatic carbocycles. The monoisotopic (exact) mass is 296 g/mol. The van der Waals surface area contributed by atoms with Crippen LogP contribution in [-0.2, 0) is 6.42 Å². The van der Waals surface area contributed by atoms with Crippen LogP contribution in [0.2, 0.25) is 5.02 Å². The van der Waals surface area contributed by atoms with E-state index in [-0.39, 0.29) is 0 Å². The van der Waals surface area contributed by atoms with Gasteiger partial charge in [0.25, 0.3) is 0 Å². The van der Waals surface area contributed by atoms with Gasteiger partial charge in [0, 0.05) is 27.4 Å². The van der Waals surface area contributed by atoms with E-state index < -0.39 is 0 Å². The van der Waals surface area contributed by atoms with Gasteiger partial charge < -0.3 is 5.73 Å². The Kier molecular flexibility index (Phi) is 2.83. The molecular weight excluding hydrogens is 280 g/mol. The molecule has 1 heterocycles. The molecule has 2 N–H and O–H groups in total. The molecule has 2 aromatic rings. The van der Waals surface area contributed by atoms with Crippen molar-refractivity contribution in [2.24, 2.45) is 5.92 Å². The first-order valence-electron chi connectivity index (χ1n) is 7.36. The topological polar surface area (TPSA) is 38.9 Å². The van der Waals surface area contributed by atoms with Gasteiger partial charge in [0.2, 0.25) is 0 Å². The number of halogens is 1. The Balaban J connectivity index is 1.94. The molecule has 1 aromatic heterocycles. The summed E-state index contributed by atoms with van der Waals surface area (Å²) in [5.41, 5.74) is 12.0. The summed E-state index contributed by atoms with van der Waals surface area (Å²) in [6, 6.07) is 5.78. The van der Waals surface area contributed by atoms with Crippen LogP contribution >= 0.6 is 11.6 Å². The van der Waals surface area contributed by atoms with Crippen LogP contribution in [0.4, 0.5) is 5.69 Å². The second-order valence-corrected chi connectivity index (χ2v) is 6.53. The lowest BCUT2D eigenvalue weighted by Gasteiger charge is -2.35. The van der Waals surface area contributed by atoms with Gasteiger partial charge in [-0.05, 0) is 49.3 Å². The largest absolute Gasteiger partial charge is 0.398 e. The summed E-state index contributed by atoms with van der Waals surface area (Å²) in [7, 11) is 0. The molecule has 0 aliphatic heterocycles. The maximum atomic E-state index is 6.48. The number of aromatic nitrogens is 1. The maximum absolute atomic E-state index is 6.48. The third kappa shape index (κ3) is 1.97. The minimum atomic E-state index is 0.476. The van der Waals surface area contributed by atoms with Gasteiger partial charge in [0.05, 0.1) is 5.52 Å². The molecule has 2 atom stereocenters. The average Bonchev–Trinajstić information content (AvgIpc) is 2.46. The van der Waals surface area contributed by atoms with Crippen molar-refractivity contribution in [3.63, 3.8) is 0 Å². The van der Waals surface area contributed by atoms with Crippen molar-refractivity contribution >= 4 is 28.2 Å². The normalized spacial score (nSPS) is 23.6. The van der Waals surface area contributed by atoms with Crippen LogP contribution in [0.15, 0.2) is 42.5 Å². The Morgan fingerprint density at radius 1 is 1.33 bits per heavy atom. The van der Waals surface area contributed by atoms with Crippen molar-refractivity contribution < 1.29 is 0 Å². The Morgan fingerprint density at radius 3 is 3.00 bits per heavy atom. The quantitative estimate of drug-likeness (QED) is 0.833. The number of fused-ring (bicyclic) bond motifs is 5. The van der Waals surface area contributed by atoms with Crippen molar-refractivity contribution in [1.29, 1.82) is 0 Å². The van der Waals surface area contributed by atoms with E-state index in [0.717, 1.165) is 35.1 Å². The van der Waals surface area contributed by atoms with Crippen molar-refractivity contribution in [1.82, 2.24) is 4.98 Å². The fourth-order valence-corrected chi connectivity index (χ4v) is 4.04. The van der Waals surface area contributed by atoms with Gasteiger partial charge in [-0.2, -0.15) is 0 Å². The number of hydrogen-bond donors (Lipinski definition) is 1. The van der Waals surface area contributed by atoms with Crippen LogP contribution in [0.25, 0.3) is 10.9 Å². The molecule has 21 heavy (non-hydrogen) atoms. The van der Waals surface area contributed by atoms with E-state index in [1.165, 1.54) is 17.6 Å². The highest BCUT2D eigenvalue weighted by molar-refractivity contribution is 6.31. The van der Waals surface area contributed by atoms with E-state index in [1.54, 1.807) is 0 Å². The molecule has 0 saturated carbocycles. The molecule has 0 saturated heterocycles. The lowest BCUT2D eigenvalue weighted by Crippen LogP contribution is -2.24. The van der Waals surface area contributed by atoms with Gasteiger partial charge in [0.1, 0.15) is 0 Å². The molecule has 4 rings (SSSR count). The van der Waals surface area contributed by atoms with E-state index >= 15 is 0 Å². The van der Waals surface area contributed by atoms with Crippen LogP contribution in [0.5, 0.6) is 0 Å². The number of nitrogens with two attached hydrogens (primary N) is 1. The minimum Gasteiger partial charge on any atom is -0.398 e. The molecule has 0 fully saturated rings. The second-order valence-electron chi connectivity index (χ2n) is 6.09. The minimum absolute atomic E-state index is 0.476. The predicted octanol–water partition coefficient (Wildman–Crippen LogP) is 4.63. The molecule has 2 bridgehead atoms. The third-order valence-corrected chi connectivity index (χ3v) is 4.99. The van der Waals surface area contributed by atoms with E-state index in [2.05, 4.69) is 12.7 Å². The number of nitrogen functional groups attached to an aromatic ring is 1. The summed E-state index contributed by atoms with van der Waals surface area (Å²) in [5.74, 6) is 1.04. The average molecular weight is 297 g/mol. The van der Waals surface area contributed by atoms with E-state index in [0.29, 0.717) is 16.9 Å². The fourth-order valence-electron chi connectivity index (χ4n) is 3.88. The smallest absolute Gasteiger partial charge is 0.0741 e. The zero-order valence-corrected chi connectivity index (χ0v) is 12.5. The van der Waals surface area contributed by atoms with E-state index in [9.17, 15) is 0 Å². The third-order valence-electron chi connectivity index (χ3n) is 4.75. The fraction of sp³-hybridized carbons (Fsp3) is 0.278. The zero-order chi connectivity index (χ0) is 14.6. The summed E-state index contributed by atoms with van der Waals surface area (Å²) in [4.78, 5) is 4.85. The van der Waals surface area contributed by atoms with Gasteiger partial charge in [0.15, 0.2) is 0 Å². The highest BCUT2D eigenvalue weighted by atomic mass is 35.5. The van der Waals surface area contributed by atoms with E-state index in [1.807, 2.05) is 24.3 Å². The predicted molar refractivity (Wildman–Crippen MR) is 88.6 cm³/mol. The number of allylic oxidation sites excluding steroid dienone is 3. The van der Waals surface area contributed by atoms with Gasteiger partial charge >= 0.3 is 0 Å². The van der Waals surface area contributed by atoms with Crippen molar-refractivity contribution in [2.45, 2.75) is 25.2 Å². The number of anilines is 1. The molecule has 2 nitrogen and oxygen atoms in total. The van der Waals surface area contributed by atoms with Crippen molar-refractivity contribution in [2.75, 3.05) is 5.73 Å². The van der Waals surface area contributed by atoms with Crippen LogP contribution in [0.1, 0.15) is 30.0 Å². The first-order valence-corrected chi connectivity index (χ1v) is 7.74. The summed E-state index contributed by atoms with van der Waals surface area (Å²) >= 11 is 6.09. The Hall–Kier alpha value is -1.80. The zero-order valence-electron chi connectivity index (χ0n) is 11.8. The maximum Gasteiger partial charge on any atom is 0.0741 e. The second kappa shape index (κ2) is 4.60. The van der Waals surface area contributed by atoms with Crippen LogP contribution in [-0.4, -0.2) is 4.98 Å². The van der Waals surface area contributed by atoms with Crippen LogP contribution in [0.3, 0.4) is 0 Å². The molecule has 106 valence electrons. The summed E-state index contributed by atoms with van der Waals surface area (Å²) in [5, 5.41) is 1.73. The lowest BCUT2D eigenvalue weighted by atomic mass is 9.71.